The molecule has 6 nitrogen and oxygen atoms in total. The van der Waals surface area contributed by atoms with E-state index in [0.29, 0.717) is 0 Å². The van der Waals surface area contributed by atoms with Gasteiger partial charge in [-0.15, -0.1) is 0 Å². The summed E-state index contributed by atoms with van der Waals surface area (Å²) < 4.78 is 1.80. The number of anilines is 1. The SMILES string of the molecule is Cc1ccc([N+](=O)[O-])cc1-n1nc(-c2ccsc2)c2c1NCC2. The molecule has 1 aromatic carbocycles. The summed E-state index contributed by atoms with van der Waals surface area (Å²) in [6.45, 7) is 2.80. The lowest BCUT2D eigenvalue weighted by Gasteiger charge is -2.09. The zero-order chi connectivity index (χ0) is 16.0. The van der Waals surface area contributed by atoms with E-state index in [1.807, 2.05) is 12.3 Å². The normalized spacial score (nSPS) is 12.9. The summed E-state index contributed by atoms with van der Waals surface area (Å²) in [7, 11) is 0. The highest BCUT2D eigenvalue weighted by atomic mass is 32.1. The first-order valence-corrected chi connectivity index (χ1v) is 8.23. The van der Waals surface area contributed by atoms with Crippen molar-refractivity contribution in [3.63, 3.8) is 0 Å². The van der Waals surface area contributed by atoms with Gasteiger partial charge in [0.25, 0.3) is 5.69 Å². The molecule has 23 heavy (non-hydrogen) atoms. The quantitative estimate of drug-likeness (QED) is 0.587. The predicted octanol–water partition coefficient (Wildman–Crippen LogP) is 3.79. The van der Waals surface area contributed by atoms with E-state index in [-0.39, 0.29) is 10.6 Å². The van der Waals surface area contributed by atoms with Gasteiger partial charge in [-0.3, -0.25) is 10.1 Å². The Morgan fingerprint density at radius 1 is 1.39 bits per heavy atom. The van der Waals surface area contributed by atoms with E-state index >= 15 is 0 Å². The summed E-state index contributed by atoms with van der Waals surface area (Å²) in [5.74, 6) is 0.940. The van der Waals surface area contributed by atoms with Gasteiger partial charge in [-0.1, -0.05) is 6.07 Å². The Morgan fingerprint density at radius 2 is 2.26 bits per heavy atom. The van der Waals surface area contributed by atoms with Crippen LogP contribution in [0.1, 0.15) is 11.1 Å². The molecule has 0 unspecified atom stereocenters. The highest BCUT2D eigenvalue weighted by Gasteiger charge is 2.25. The van der Waals surface area contributed by atoms with Crippen LogP contribution in [0.15, 0.2) is 35.0 Å². The molecule has 0 fully saturated rings. The maximum Gasteiger partial charge on any atom is 0.271 e. The Hall–Kier alpha value is -2.67. The average molecular weight is 326 g/mol. The number of rotatable bonds is 3. The van der Waals surface area contributed by atoms with E-state index in [9.17, 15) is 10.1 Å². The second kappa shape index (κ2) is 5.20. The first-order valence-electron chi connectivity index (χ1n) is 7.29. The third-order valence-electron chi connectivity index (χ3n) is 4.08. The van der Waals surface area contributed by atoms with Gasteiger partial charge in [0.2, 0.25) is 0 Å². The number of aryl methyl sites for hydroxylation is 1. The van der Waals surface area contributed by atoms with Gasteiger partial charge in [0, 0.05) is 35.2 Å². The van der Waals surface area contributed by atoms with Crippen LogP contribution in [-0.2, 0) is 6.42 Å². The summed E-state index contributed by atoms with van der Waals surface area (Å²) in [6, 6.07) is 6.92. The molecule has 0 amide bonds. The number of hydrogen-bond donors (Lipinski definition) is 1. The van der Waals surface area contributed by atoms with Crippen LogP contribution >= 0.6 is 11.3 Å². The fraction of sp³-hybridized carbons (Fsp3) is 0.188. The highest BCUT2D eigenvalue weighted by molar-refractivity contribution is 7.08. The molecular weight excluding hydrogens is 312 g/mol. The fourth-order valence-corrected chi connectivity index (χ4v) is 3.56. The lowest BCUT2D eigenvalue weighted by Crippen LogP contribution is -2.06. The first kappa shape index (κ1) is 14.0. The van der Waals surface area contributed by atoms with Gasteiger partial charge < -0.3 is 5.32 Å². The number of nitro groups is 1. The molecule has 1 N–H and O–H groups in total. The van der Waals surface area contributed by atoms with Crippen LogP contribution in [0, 0.1) is 17.0 Å². The minimum atomic E-state index is -0.375. The van der Waals surface area contributed by atoms with Crippen molar-refractivity contribution in [1.29, 1.82) is 0 Å². The van der Waals surface area contributed by atoms with E-state index in [2.05, 4.69) is 16.8 Å². The van der Waals surface area contributed by atoms with E-state index in [4.69, 9.17) is 5.10 Å². The molecule has 0 saturated heterocycles. The van der Waals surface area contributed by atoms with E-state index in [1.165, 1.54) is 11.6 Å². The van der Waals surface area contributed by atoms with Gasteiger partial charge in [-0.25, -0.2) is 4.68 Å². The number of nitro benzene ring substituents is 1. The van der Waals surface area contributed by atoms with Crippen LogP contribution in [0.25, 0.3) is 16.9 Å². The van der Waals surface area contributed by atoms with Crippen LogP contribution in [0.2, 0.25) is 0 Å². The topological polar surface area (TPSA) is 73.0 Å². The molecule has 116 valence electrons. The smallest absolute Gasteiger partial charge is 0.271 e. The average Bonchev–Trinajstić information content (AvgIpc) is 3.25. The molecule has 3 heterocycles. The van der Waals surface area contributed by atoms with E-state index < -0.39 is 0 Å². The first-order chi connectivity index (χ1) is 11.1. The largest absolute Gasteiger partial charge is 0.369 e. The van der Waals surface area contributed by atoms with Crippen molar-refractivity contribution in [3.8, 4) is 16.9 Å². The van der Waals surface area contributed by atoms with Crippen molar-refractivity contribution in [2.24, 2.45) is 0 Å². The van der Waals surface area contributed by atoms with Crippen LogP contribution in [0.5, 0.6) is 0 Å². The van der Waals surface area contributed by atoms with Crippen molar-refractivity contribution < 1.29 is 4.92 Å². The lowest BCUT2D eigenvalue weighted by molar-refractivity contribution is -0.384. The van der Waals surface area contributed by atoms with Crippen molar-refractivity contribution in [2.45, 2.75) is 13.3 Å². The molecule has 0 saturated carbocycles. The Kier molecular flexibility index (Phi) is 3.16. The molecule has 7 heteroatoms. The molecule has 0 aliphatic carbocycles. The zero-order valence-electron chi connectivity index (χ0n) is 12.4. The second-order valence-electron chi connectivity index (χ2n) is 5.50. The summed E-state index contributed by atoms with van der Waals surface area (Å²) in [5.41, 5.74) is 4.99. The third kappa shape index (κ3) is 2.20. The summed E-state index contributed by atoms with van der Waals surface area (Å²) in [4.78, 5) is 10.7. The maximum absolute atomic E-state index is 11.1. The van der Waals surface area contributed by atoms with Crippen molar-refractivity contribution in [3.05, 3.63) is 56.3 Å². The summed E-state index contributed by atoms with van der Waals surface area (Å²) in [5, 5.41) is 23.3. The van der Waals surface area contributed by atoms with E-state index in [0.717, 1.165) is 41.3 Å². The third-order valence-corrected chi connectivity index (χ3v) is 4.76. The molecule has 3 aromatic rings. The Balaban J connectivity index is 1.92. The van der Waals surface area contributed by atoms with E-state index in [1.54, 1.807) is 28.2 Å². The van der Waals surface area contributed by atoms with Crippen LogP contribution in [0.4, 0.5) is 11.5 Å². The Labute approximate surface area is 136 Å². The molecular formula is C16H14N4O2S. The number of hydrogen-bond acceptors (Lipinski definition) is 5. The Bertz CT molecular complexity index is 899. The predicted molar refractivity (Wildman–Crippen MR) is 90.5 cm³/mol. The molecule has 4 rings (SSSR count). The fourth-order valence-electron chi connectivity index (χ4n) is 2.92. The summed E-state index contributed by atoms with van der Waals surface area (Å²) >= 11 is 1.64. The maximum atomic E-state index is 11.1. The standard InChI is InChI=1S/C16H14N4O2S/c1-10-2-3-12(20(21)22)8-14(10)19-16-13(4-6-17-16)15(18-19)11-5-7-23-9-11/h2-3,5,7-9,17H,4,6H2,1H3. The van der Waals surface area contributed by atoms with Gasteiger partial charge in [0.1, 0.15) is 5.82 Å². The van der Waals surface area contributed by atoms with Gasteiger partial charge in [-0.05, 0) is 30.4 Å². The number of non-ortho nitro benzene ring substituents is 1. The van der Waals surface area contributed by atoms with Crippen molar-refractivity contribution in [2.75, 3.05) is 11.9 Å². The molecule has 0 atom stereocenters. The Morgan fingerprint density at radius 3 is 3.00 bits per heavy atom. The monoisotopic (exact) mass is 326 g/mol. The minimum absolute atomic E-state index is 0.0740. The summed E-state index contributed by atoms with van der Waals surface area (Å²) in [6.07, 6.45) is 0.911. The molecule has 0 bridgehead atoms. The zero-order valence-corrected chi connectivity index (χ0v) is 13.3. The van der Waals surface area contributed by atoms with Gasteiger partial charge in [0.05, 0.1) is 16.3 Å². The molecule has 0 radical (unpaired) electrons. The molecule has 1 aliphatic rings. The number of nitrogens with zero attached hydrogens (tertiary/aromatic N) is 3. The number of benzene rings is 1. The molecule has 1 aliphatic heterocycles. The van der Waals surface area contributed by atoms with Gasteiger partial charge >= 0.3 is 0 Å². The number of nitrogens with one attached hydrogen (secondary N) is 1. The van der Waals surface area contributed by atoms with Crippen LogP contribution in [-0.4, -0.2) is 21.2 Å². The second-order valence-corrected chi connectivity index (χ2v) is 6.28. The number of thiophene rings is 1. The number of aromatic nitrogens is 2. The highest BCUT2D eigenvalue weighted by Crippen LogP contribution is 2.36. The van der Waals surface area contributed by atoms with Crippen LogP contribution < -0.4 is 5.32 Å². The van der Waals surface area contributed by atoms with Crippen molar-refractivity contribution >= 4 is 22.8 Å². The lowest BCUT2D eigenvalue weighted by atomic mass is 10.1. The van der Waals surface area contributed by atoms with Gasteiger partial charge in [0.15, 0.2) is 0 Å². The molecule has 2 aromatic heterocycles. The van der Waals surface area contributed by atoms with Crippen molar-refractivity contribution in [1.82, 2.24) is 9.78 Å². The number of fused-ring (bicyclic) bond motifs is 1. The molecule has 0 spiro atoms. The van der Waals surface area contributed by atoms with Gasteiger partial charge in [-0.2, -0.15) is 16.4 Å². The minimum Gasteiger partial charge on any atom is -0.369 e. The van der Waals surface area contributed by atoms with Crippen LogP contribution in [0.3, 0.4) is 0 Å².